The number of aliphatic hydroxyl groups excluding tert-OH is 2. The molecule has 8 nitrogen and oxygen atoms in total. The number of amides is 2. The maximum atomic E-state index is 14.7. The fraction of sp³-hybridized carbons (Fsp3) is 0.370. The van der Waals surface area contributed by atoms with Crippen molar-refractivity contribution in [2.45, 2.75) is 18.1 Å². The Hall–Kier alpha value is -3.33. The first-order valence-electron chi connectivity index (χ1n) is 11.9. The molecule has 2 heterocycles. The van der Waals surface area contributed by atoms with Crippen LogP contribution in [0.15, 0.2) is 54.2 Å². The summed E-state index contributed by atoms with van der Waals surface area (Å²) in [6.07, 6.45) is 0.444. The third-order valence-corrected chi connectivity index (χ3v) is 6.19. The second-order valence-electron chi connectivity index (χ2n) is 8.16. The number of ether oxygens (including phenoxy) is 1. The average molecular weight is 606 g/mol. The van der Waals surface area contributed by atoms with Crippen molar-refractivity contribution < 1.29 is 46.5 Å². The van der Waals surface area contributed by atoms with Gasteiger partial charge in [0.05, 0.1) is 24.3 Å². The number of rotatable bonds is 9. The van der Waals surface area contributed by atoms with Crippen molar-refractivity contribution in [1.82, 2.24) is 15.6 Å². The largest absolute Gasteiger partial charge is 0.416 e. The van der Waals surface area contributed by atoms with Gasteiger partial charge in [-0.1, -0.05) is 36.4 Å². The van der Waals surface area contributed by atoms with E-state index in [0.717, 1.165) is 19.4 Å². The number of aromatic nitrogens is 1. The molecule has 2 amide bonds. The number of pyridine rings is 1. The second-order valence-corrected chi connectivity index (χ2v) is 9.03. The summed E-state index contributed by atoms with van der Waals surface area (Å²) in [5, 5.41) is 18.6. The molecule has 2 aromatic rings. The monoisotopic (exact) mass is 605 g/mol. The van der Waals surface area contributed by atoms with Crippen LogP contribution >= 0.6 is 11.8 Å². The fourth-order valence-corrected chi connectivity index (χ4v) is 4.21. The molecule has 0 unspecified atom stereocenters. The SMILES string of the molecule is CO.COC/C=C/c1ccc([C@]2(C(F)(F)F)CC(c3ccc(F)cn3)=C(CNC(=O)CSC)C(=O)N2)cc1.OCF. The summed E-state index contributed by atoms with van der Waals surface area (Å²) >= 11 is 1.26. The Labute approximate surface area is 238 Å². The number of methoxy groups -OCH3 is 1. The van der Waals surface area contributed by atoms with E-state index in [9.17, 15) is 31.5 Å². The predicted molar refractivity (Wildman–Crippen MR) is 147 cm³/mol. The van der Waals surface area contributed by atoms with Gasteiger partial charge in [-0.05, 0) is 35.1 Å². The van der Waals surface area contributed by atoms with Gasteiger partial charge < -0.3 is 25.6 Å². The predicted octanol–water partition coefficient (Wildman–Crippen LogP) is 3.61. The lowest BCUT2D eigenvalue weighted by atomic mass is 9.77. The molecule has 0 spiro atoms. The molecule has 1 aliphatic rings. The Morgan fingerprint density at radius 1 is 1.22 bits per heavy atom. The molecule has 3 rings (SSSR count). The van der Waals surface area contributed by atoms with Crippen LogP contribution in [0.1, 0.15) is 23.2 Å². The topological polar surface area (TPSA) is 121 Å². The van der Waals surface area contributed by atoms with Crippen molar-refractivity contribution in [1.29, 1.82) is 0 Å². The maximum Gasteiger partial charge on any atom is 0.416 e. The lowest BCUT2D eigenvalue weighted by Gasteiger charge is -2.41. The molecule has 1 aromatic carbocycles. The van der Waals surface area contributed by atoms with E-state index < -0.39 is 36.7 Å². The van der Waals surface area contributed by atoms with Crippen LogP contribution in [-0.4, -0.2) is 79.4 Å². The van der Waals surface area contributed by atoms with Crippen LogP contribution in [0, 0.1) is 5.82 Å². The minimum Gasteiger partial charge on any atom is -0.400 e. The van der Waals surface area contributed by atoms with Crippen LogP contribution in [0.2, 0.25) is 0 Å². The number of thioether (sulfide) groups is 1. The lowest BCUT2D eigenvalue weighted by Crippen LogP contribution is -2.59. The second kappa shape index (κ2) is 17.5. The molecule has 0 fully saturated rings. The van der Waals surface area contributed by atoms with Crippen molar-refractivity contribution in [3.05, 3.63) is 76.9 Å². The summed E-state index contributed by atoms with van der Waals surface area (Å²) in [7, 11) is 2.52. The number of carbonyl (C=O) groups excluding carboxylic acids is 2. The normalized spacial score (nSPS) is 16.8. The molecule has 0 saturated carbocycles. The van der Waals surface area contributed by atoms with Crippen LogP contribution in [0.3, 0.4) is 0 Å². The third kappa shape index (κ3) is 9.92. The van der Waals surface area contributed by atoms with Crippen molar-refractivity contribution in [3.63, 3.8) is 0 Å². The van der Waals surface area contributed by atoms with Crippen LogP contribution in [-0.2, 0) is 19.9 Å². The zero-order valence-electron chi connectivity index (χ0n) is 22.6. The minimum atomic E-state index is -4.88. The van der Waals surface area contributed by atoms with Gasteiger partial charge in [0.2, 0.25) is 11.8 Å². The van der Waals surface area contributed by atoms with Gasteiger partial charge in [0, 0.05) is 32.8 Å². The quantitative estimate of drug-likeness (QED) is 0.323. The van der Waals surface area contributed by atoms with Crippen LogP contribution in [0.4, 0.5) is 22.0 Å². The van der Waals surface area contributed by atoms with Gasteiger partial charge in [-0.2, -0.15) is 24.9 Å². The van der Waals surface area contributed by atoms with E-state index >= 15 is 0 Å². The number of alkyl halides is 4. The van der Waals surface area contributed by atoms with Crippen molar-refractivity contribution in [2.24, 2.45) is 0 Å². The van der Waals surface area contributed by atoms with E-state index in [2.05, 4.69) is 15.6 Å². The smallest absolute Gasteiger partial charge is 0.400 e. The van der Waals surface area contributed by atoms with Crippen LogP contribution in [0.25, 0.3) is 11.6 Å². The van der Waals surface area contributed by atoms with Crippen LogP contribution in [0.5, 0.6) is 0 Å². The first-order valence-corrected chi connectivity index (χ1v) is 13.3. The Bertz CT molecular complexity index is 1180. The zero-order chi connectivity index (χ0) is 31.1. The Kier molecular flexibility index (Phi) is 15.2. The number of nitrogens with one attached hydrogen (secondary N) is 2. The van der Waals surface area contributed by atoms with Gasteiger partial charge in [-0.25, -0.2) is 8.78 Å². The van der Waals surface area contributed by atoms with Crippen molar-refractivity contribution in [2.75, 3.05) is 46.2 Å². The number of hydrogen-bond acceptors (Lipinski definition) is 7. The fourth-order valence-electron chi connectivity index (χ4n) is 3.85. The number of benzene rings is 1. The number of nitrogens with zero attached hydrogens (tertiary/aromatic N) is 1. The number of halogens is 5. The highest BCUT2D eigenvalue weighted by Crippen LogP contribution is 2.48. The molecule has 0 radical (unpaired) electrons. The van der Waals surface area contributed by atoms with Crippen molar-refractivity contribution in [3.8, 4) is 0 Å². The lowest BCUT2D eigenvalue weighted by molar-refractivity contribution is -0.201. The molecule has 0 bridgehead atoms. The van der Waals surface area contributed by atoms with Crippen LogP contribution < -0.4 is 10.6 Å². The summed E-state index contributed by atoms with van der Waals surface area (Å²) in [5.41, 5.74) is -2.34. The third-order valence-electron chi connectivity index (χ3n) is 5.64. The number of aliphatic hydroxyl groups is 2. The summed E-state index contributed by atoms with van der Waals surface area (Å²) in [6.45, 7) is -1.20. The molecular weight excluding hydrogens is 573 g/mol. The van der Waals surface area contributed by atoms with Crippen molar-refractivity contribution >= 4 is 35.2 Å². The van der Waals surface area contributed by atoms with Gasteiger partial charge in [0.1, 0.15) is 5.82 Å². The Morgan fingerprint density at radius 3 is 2.37 bits per heavy atom. The average Bonchev–Trinajstić information content (AvgIpc) is 2.94. The summed E-state index contributed by atoms with van der Waals surface area (Å²) < 4.78 is 72.3. The molecule has 0 aliphatic carbocycles. The zero-order valence-corrected chi connectivity index (χ0v) is 23.4. The molecule has 1 atom stereocenters. The van der Waals surface area contributed by atoms with Gasteiger partial charge in [-0.15, -0.1) is 0 Å². The maximum absolute atomic E-state index is 14.7. The van der Waals surface area contributed by atoms with Gasteiger partial charge in [0.25, 0.3) is 0 Å². The standard InChI is InChI=1S/C25H25F4N3O3S.CH3FO.CH4O/c1-35-11-3-4-16-5-7-17(8-6-16)24(25(27,28)29)12-19(21-10-9-18(26)13-30-21)20(23(34)32-24)14-31-22(33)15-36-2;2-1-3;1-2/h3-10,13H,11-12,14-15H2,1-2H3,(H,31,33)(H,32,34);3H,1H2;2H,1H3/b4-3+;;/t24-;;/m0../s1. The van der Waals surface area contributed by atoms with E-state index in [1.807, 2.05) is 0 Å². The van der Waals surface area contributed by atoms with E-state index in [0.29, 0.717) is 12.2 Å². The summed E-state index contributed by atoms with van der Waals surface area (Å²) in [6, 6.07) is 7.92. The van der Waals surface area contributed by atoms with E-state index in [-0.39, 0.29) is 40.6 Å². The Morgan fingerprint density at radius 2 is 1.85 bits per heavy atom. The molecule has 1 aliphatic heterocycles. The molecule has 14 heteroatoms. The number of carbonyl (C=O) groups is 2. The summed E-state index contributed by atoms with van der Waals surface area (Å²) in [5.74, 6) is -1.92. The summed E-state index contributed by atoms with van der Waals surface area (Å²) in [4.78, 5) is 29.0. The van der Waals surface area contributed by atoms with Gasteiger partial charge in [-0.3, -0.25) is 14.6 Å². The first-order chi connectivity index (χ1) is 19.5. The molecule has 0 saturated heterocycles. The van der Waals surface area contributed by atoms with E-state index in [1.165, 1.54) is 49.2 Å². The highest BCUT2D eigenvalue weighted by atomic mass is 32.2. The van der Waals surface area contributed by atoms with Gasteiger partial charge in [0.15, 0.2) is 12.4 Å². The molecule has 4 N–H and O–H groups in total. The highest BCUT2D eigenvalue weighted by Gasteiger charge is 2.59. The first kappa shape index (κ1) is 35.7. The highest BCUT2D eigenvalue weighted by molar-refractivity contribution is 7.99. The van der Waals surface area contributed by atoms with E-state index in [4.69, 9.17) is 14.9 Å². The number of hydrogen-bond donors (Lipinski definition) is 4. The molecular formula is C27H32F5N3O5S. The molecule has 1 aromatic heterocycles. The molecule has 226 valence electrons. The minimum absolute atomic E-state index is 0.0214. The molecule has 41 heavy (non-hydrogen) atoms. The Balaban J connectivity index is 0.00000157. The van der Waals surface area contributed by atoms with E-state index in [1.54, 1.807) is 18.4 Å². The van der Waals surface area contributed by atoms with Gasteiger partial charge >= 0.3 is 6.18 Å².